The smallest absolute Gasteiger partial charge is 0.243 e. The molecule has 138 valence electrons. The Kier molecular flexibility index (Phi) is 5.11. The first-order chi connectivity index (χ1) is 11.8. The van der Waals surface area contributed by atoms with Gasteiger partial charge in [0.25, 0.3) is 0 Å². The van der Waals surface area contributed by atoms with Crippen LogP contribution in [0.15, 0.2) is 41.3 Å². The summed E-state index contributed by atoms with van der Waals surface area (Å²) in [5, 5.41) is 10.7. The Labute approximate surface area is 151 Å². The van der Waals surface area contributed by atoms with E-state index in [0.29, 0.717) is 17.9 Å². The highest BCUT2D eigenvalue weighted by atomic mass is 32.2. The number of hydrogen-bond donors (Lipinski definition) is 1. The Hall–Kier alpha value is -1.17. The van der Waals surface area contributed by atoms with Crippen LogP contribution < -0.4 is 0 Å². The number of hydrogen-bond acceptors (Lipinski definition) is 3. The summed E-state index contributed by atoms with van der Waals surface area (Å²) in [4.78, 5) is 0.347. The lowest BCUT2D eigenvalue weighted by molar-refractivity contribution is -0.0226. The minimum Gasteiger partial charge on any atom is -0.392 e. The van der Waals surface area contributed by atoms with E-state index >= 15 is 0 Å². The highest BCUT2D eigenvalue weighted by Gasteiger charge is 2.51. The van der Waals surface area contributed by atoms with Gasteiger partial charge in [0.15, 0.2) is 0 Å². The molecule has 0 radical (unpaired) electrons. The van der Waals surface area contributed by atoms with E-state index in [1.54, 1.807) is 16.4 Å². The maximum Gasteiger partial charge on any atom is 0.243 e. The van der Waals surface area contributed by atoms with E-state index < -0.39 is 21.7 Å². The number of aliphatic hydroxyl groups excluding tert-OH is 1. The Bertz CT molecular complexity index is 733. The van der Waals surface area contributed by atoms with E-state index in [1.807, 2.05) is 26.0 Å². The molecule has 1 saturated heterocycles. The molecule has 2 fully saturated rings. The van der Waals surface area contributed by atoms with Crippen LogP contribution in [0.25, 0.3) is 0 Å². The molecule has 25 heavy (non-hydrogen) atoms. The molecule has 0 unspecified atom stereocenters. The number of nitrogens with zero attached hydrogens (tertiary/aromatic N) is 1. The third-order valence-electron chi connectivity index (χ3n) is 5.97. The van der Waals surface area contributed by atoms with Crippen molar-refractivity contribution in [3.8, 4) is 0 Å². The summed E-state index contributed by atoms with van der Waals surface area (Å²) in [5.41, 5.74) is 1.44. The highest BCUT2D eigenvalue weighted by molar-refractivity contribution is 7.89. The normalized spacial score (nSPS) is 27.3. The number of sulfonamides is 1. The zero-order valence-electron chi connectivity index (χ0n) is 15.2. The lowest BCUT2D eigenvalue weighted by atomic mass is 9.72. The third-order valence-corrected chi connectivity index (χ3v) is 7.96. The van der Waals surface area contributed by atoms with Gasteiger partial charge in [-0.2, -0.15) is 4.31 Å². The molecule has 2 aliphatic rings. The van der Waals surface area contributed by atoms with Crippen molar-refractivity contribution in [1.82, 2.24) is 4.31 Å². The lowest BCUT2D eigenvalue weighted by Crippen LogP contribution is -2.61. The molecule has 1 aliphatic carbocycles. The largest absolute Gasteiger partial charge is 0.392 e. The number of aliphatic hydroxyl groups is 1. The molecular formula is C20H29NO3S. The van der Waals surface area contributed by atoms with Crippen molar-refractivity contribution in [2.24, 2.45) is 5.92 Å². The fourth-order valence-electron chi connectivity index (χ4n) is 4.47. The topological polar surface area (TPSA) is 57.6 Å². The summed E-state index contributed by atoms with van der Waals surface area (Å²) < 4.78 is 28.6. The van der Waals surface area contributed by atoms with Crippen molar-refractivity contribution in [2.45, 2.75) is 68.9 Å². The van der Waals surface area contributed by atoms with Gasteiger partial charge in [-0.15, -0.1) is 0 Å². The van der Waals surface area contributed by atoms with Crippen LogP contribution >= 0.6 is 0 Å². The molecule has 1 aromatic carbocycles. The second-order valence-electron chi connectivity index (χ2n) is 7.86. The molecule has 3 rings (SSSR count). The number of benzene rings is 1. The summed E-state index contributed by atoms with van der Waals surface area (Å²) in [5.74, 6) is -0.201. The Balaban J connectivity index is 2.04. The summed E-state index contributed by atoms with van der Waals surface area (Å²) in [6, 6.07) is 7.08. The van der Waals surface area contributed by atoms with Gasteiger partial charge >= 0.3 is 0 Å². The molecule has 1 heterocycles. The Morgan fingerprint density at radius 2 is 1.80 bits per heavy atom. The van der Waals surface area contributed by atoms with Crippen LogP contribution in [0.2, 0.25) is 0 Å². The van der Waals surface area contributed by atoms with Gasteiger partial charge in [0, 0.05) is 18.0 Å². The summed E-state index contributed by atoms with van der Waals surface area (Å²) >= 11 is 0. The molecule has 1 aromatic rings. The molecule has 0 bridgehead atoms. The molecular weight excluding hydrogens is 334 g/mol. The standard InChI is InChI=1S/C20H29NO3S/c1-15(2)18-14-21(20(13-19(18)22)11-5-4-6-12-20)25(23,24)17-9-7-16(3)8-10-17/h7-10,18-19,22H,1,4-6,11-14H2,2-3H3/t18-,19+/m1/s1. The zero-order chi connectivity index (χ0) is 18.2. The van der Waals surface area contributed by atoms with Gasteiger partial charge in [0.2, 0.25) is 10.0 Å². The summed E-state index contributed by atoms with van der Waals surface area (Å²) in [7, 11) is -3.60. The summed E-state index contributed by atoms with van der Waals surface area (Å²) in [6.07, 6.45) is 4.83. The monoisotopic (exact) mass is 363 g/mol. The summed E-state index contributed by atoms with van der Waals surface area (Å²) in [6.45, 7) is 8.14. The first-order valence-electron chi connectivity index (χ1n) is 9.19. The van der Waals surface area contributed by atoms with Gasteiger partial charge in [-0.1, -0.05) is 49.1 Å². The fourth-order valence-corrected chi connectivity index (χ4v) is 6.32. The van der Waals surface area contributed by atoms with Crippen LogP contribution in [0.5, 0.6) is 0 Å². The molecule has 5 heteroatoms. The van der Waals surface area contributed by atoms with Crippen molar-refractivity contribution in [3.05, 3.63) is 42.0 Å². The second kappa shape index (κ2) is 6.86. The van der Waals surface area contributed by atoms with Crippen LogP contribution in [0.3, 0.4) is 0 Å². The molecule has 1 spiro atoms. The first kappa shape index (κ1) is 18.6. The van der Waals surface area contributed by atoms with E-state index in [2.05, 4.69) is 6.58 Å². The van der Waals surface area contributed by atoms with Crippen molar-refractivity contribution < 1.29 is 13.5 Å². The van der Waals surface area contributed by atoms with Crippen LogP contribution in [-0.2, 0) is 10.0 Å². The molecule has 2 atom stereocenters. The van der Waals surface area contributed by atoms with Crippen molar-refractivity contribution in [2.75, 3.05) is 6.54 Å². The number of aryl methyl sites for hydroxylation is 1. The van der Waals surface area contributed by atoms with Crippen LogP contribution in [0, 0.1) is 12.8 Å². The van der Waals surface area contributed by atoms with E-state index in [0.717, 1.165) is 43.2 Å². The minimum atomic E-state index is -3.60. The van der Waals surface area contributed by atoms with Gasteiger partial charge in [0.1, 0.15) is 0 Å². The van der Waals surface area contributed by atoms with Crippen LogP contribution in [0.4, 0.5) is 0 Å². The molecule has 4 nitrogen and oxygen atoms in total. The van der Waals surface area contributed by atoms with Gasteiger partial charge < -0.3 is 5.11 Å². The average molecular weight is 364 g/mol. The average Bonchev–Trinajstić information content (AvgIpc) is 2.55. The Morgan fingerprint density at radius 1 is 1.20 bits per heavy atom. The maximum atomic E-state index is 13.5. The SMILES string of the molecule is C=C(C)[C@H]1CN(S(=O)(=O)c2ccc(C)cc2)C2(CCCCC2)C[C@@H]1O. The quantitative estimate of drug-likeness (QED) is 0.834. The third kappa shape index (κ3) is 3.42. The number of rotatable bonds is 3. The molecule has 1 aliphatic heterocycles. The van der Waals surface area contributed by atoms with Crippen molar-refractivity contribution in [3.63, 3.8) is 0 Å². The maximum absolute atomic E-state index is 13.5. The van der Waals surface area contributed by atoms with E-state index in [1.165, 1.54) is 0 Å². The molecule has 1 N–H and O–H groups in total. The number of piperidine rings is 1. The van der Waals surface area contributed by atoms with Gasteiger partial charge in [-0.05, 0) is 45.2 Å². The van der Waals surface area contributed by atoms with Crippen molar-refractivity contribution in [1.29, 1.82) is 0 Å². The van der Waals surface area contributed by atoms with Gasteiger partial charge in [-0.3, -0.25) is 0 Å². The zero-order valence-corrected chi connectivity index (χ0v) is 16.1. The fraction of sp³-hybridized carbons (Fsp3) is 0.600. The van der Waals surface area contributed by atoms with E-state index in [4.69, 9.17) is 0 Å². The predicted octanol–water partition coefficient (Wildman–Crippen LogP) is 3.65. The predicted molar refractivity (Wildman–Crippen MR) is 99.8 cm³/mol. The van der Waals surface area contributed by atoms with Crippen LogP contribution in [0.1, 0.15) is 51.0 Å². The van der Waals surface area contributed by atoms with Gasteiger partial charge in [-0.25, -0.2) is 8.42 Å². The molecule has 0 amide bonds. The first-order valence-corrected chi connectivity index (χ1v) is 10.6. The van der Waals surface area contributed by atoms with E-state index in [-0.39, 0.29) is 5.92 Å². The molecule has 1 saturated carbocycles. The van der Waals surface area contributed by atoms with Gasteiger partial charge in [0.05, 0.1) is 11.0 Å². The van der Waals surface area contributed by atoms with E-state index in [9.17, 15) is 13.5 Å². The lowest BCUT2D eigenvalue weighted by Gasteiger charge is -2.52. The minimum absolute atomic E-state index is 0.201. The highest BCUT2D eigenvalue weighted by Crippen LogP contribution is 2.45. The van der Waals surface area contributed by atoms with Crippen LogP contribution in [-0.4, -0.2) is 36.0 Å². The molecule has 0 aromatic heterocycles. The van der Waals surface area contributed by atoms with Crippen molar-refractivity contribution >= 4 is 10.0 Å². The second-order valence-corrected chi connectivity index (χ2v) is 9.72. The Morgan fingerprint density at radius 3 is 2.36 bits per heavy atom.